The Balaban J connectivity index is 4.24. The third-order valence-corrected chi connectivity index (χ3v) is 12.7. The lowest BCUT2D eigenvalue weighted by Crippen LogP contribution is -2.30. The summed E-state index contributed by atoms with van der Waals surface area (Å²) in [5.74, 6) is -0.391. The van der Waals surface area contributed by atoms with Gasteiger partial charge in [0.15, 0.2) is 6.10 Å². The number of unbranched alkanes of at least 4 members (excludes halogenated alkanes) is 36. The fourth-order valence-corrected chi connectivity index (χ4v) is 8.40. The summed E-state index contributed by atoms with van der Waals surface area (Å²) in [6, 6.07) is 0. The van der Waals surface area contributed by atoms with Crippen molar-refractivity contribution in [3.8, 4) is 0 Å². The maximum absolute atomic E-state index is 12.8. The highest BCUT2D eigenvalue weighted by molar-refractivity contribution is 5.70. The standard InChI is InChI=1S/C59H110O5/c1-4-7-10-13-16-19-22-25-28-29-30-31-33-34-37-40-43-46-49-52-58(60)63-56-57(55-62-54-51-48-45-42-39-36-27-24-21-18-15-12-9-6-3)64-59(61)53-50-47-44-41-38-35-32-26-23-20-17-14-11-8-5-2/h16,19,25,28,30-31,57H,4-15,17-18,20-24,26-27,29,32-56H2,1-3H3/b19-16-,28-25-,31-30-. The molecule has 0 N–H and O–H groups in total. The Morgan fingerprint density at radius 2 is 0.656 bits per heavy atom. The maximum Gasteiger partial charge on any atom is 0.306 e. The zero-order chi connectivity index (χ0) is 46.3. The van der Waals surface area contributed by atoms with E-state index in [9.17, 15) is 9.59 Å². The zero-order valence-electron chi connectivity index (χ0n) is 43.3. The number of carbonyl (C=O) groups excluding carboxylic acids is 2. The molecule has 0 saturated carbocycles. The second kappa shape index (κ2) is 55.4. The van der Waals surface area contributed by atoms with E-state index in [1.807, 2.05) is 0 Å². The average Bonchev–Trinajstić information content (AvgIpc) is 3.30. The van der Waals surface area contributed by atoms with E-state index in [4.69, 9.17) is 14.2 Å². The van der Waals surface area contributed by atoms with Gasteiger partial charge in [0.05, 0.1) is 6.61 Å². The van der Waals surface area contributed by atoms with Gasteiger partial charge in [0.25, 0.3) is 0 Å². The highest BCUT2D eigenvalue weighted by atomic mass is 16.6. The second-order valence-electron chi connectivity index (χ2n) is 19.2. The largest absolute Gasteiger partial charge is 0.462 e. The van der Waals surface area contributed by atoms with Crippen LogP contribution in [0.25, 0.3) is 0 Å². The van der Waals surface area contributed by atoms with Gasteiger partial charge in [-0.2, -0.15) is 0 Å². The monoisotopic (exact) mass is 899 g/mol. The third-order valence-electron chi connectivity index (χ3n) is 12.7. The van der Waals surface area contributed by atoms with E-state index in [0.717, 1.165) is 57.8 Å². The molecule has 0 fully saturated rings. The van der Waals surface area contributed by atoms with Gasteiger partial charge in [-0.1, -0.05) is 269 Å². The summed E-state index contributed by atoms with van der Waals surface area (Å²) < 4.78 is 17.5. The minimum atomic E-state index is -0.535. The Hall–Kier alpha value is -1.88. The Bertz CT molecular complexity index is 1020. The van der Waals surface area contributed by atoms with E-state index in [1.54, 1.807) is 0 Å². The molecule has 0 radical (unpaired) electrons. The minimum Gasteiger partial charge on any atom is -0.462 e. The van der Waals surface area contributed by atoms with E-state index in [0.29, 0.717) is 26.1 Å². The number of esters is 2. The molecule has 0 aliphatic rings. The van der Waals surface area contributed by atoms with Crippen molar-refractivity contribution in [2.75, 3.05) is 19.8 Å². The number of rotatable bonds is 53. The normalized spacial score (nSPS) is 12.4. The Morgan fingerprint density at radius 1 is 0.344 bits per heavy atom. The molecule has 64 heavy (non-hydrogen) atoms. The summed E-state index contributed by atoms with van der Waals surface area (Å²) in [5.41, 5.74) is 0. The third kappa shape index (κ3) is 52.7. The van der Waals surface area contributed by atoms with Gasteiger partial charge >= 0.3 is 11.9 Å². The number of hydrogen-bond donors (Lipinski definition) is 0. The molecule has 0 aliphatic carbocycles. The summed E-state index contributed by atoms with van der Waals surface area (Å²) in [6.45, 7) is 7.85. The molecule has 0 saturated heterocycles. The zero-order valence-corrected chi connectivity index (χ0v) is 43.3. The molecule has 5 nitrogen and oxygen atoms in total. The first-order valence-corrected chi connectivity index (χ1v) is 28.5. The van der Waals surface area contributed by atoms with Crippen LogP contribution in [0.15, 0.2) is 36.5 Å². The molecule has 0 spiro atoms. The molecule has 0 aromatic heterocycles. The highest BCUT2D eigenvalue weighted by Gasteiger charge is 2.17. The van der Waals surface area contributed by atoms with Gasteiger partial charge in [0.1, 0.15) is 6.61 Å². The van der Waals surface area contributed by atoms with Crippen molar-refractivity contribution in [2.24, 2.45) is 0 Å². The van der Waals surface area contributed by atoms with Crippen LogP contribution in [-0.2, 0) is 23.8 Å². The van der Waals surface area contributed by atoms with Crippen LogP contribution in [0.3, 0.4) is 0 Å². The summed E-state index contributed by atoms with van der Waals surface area (Å²) in [4.78, 5) is 25.5. The van der Waals surface area contributed by atoms with Gasteiger partial charge in [0.2, 0.25) is 0 Å². The molecule has 5 heteroatoms. The number of hydrogen-bond acceptors (Lipinski definition) is 5. The molecule has 0 heterocycles. The van der Waals surface area contributed by atoms with Gasteiger partial charge in [-0.15, -0.1) is 0 Å². The Kier molecular flexibility index (Phi) is 53.8. The summed E-state index contributed by atoms with van der Waals surface area (Å²) >= 11 is 0. The first kappa shape index (κ1) is 62.1. The van der Waals surface area contributed by atoms with E-state index in [-0.39, 0.29) is 18.5 Å². The van der Waals surface area contributed by atoms with Crippen molar-refractivity contribution >= 4 is 11.9 Å². The molecule has 0 bridgehead atoms. The molecule has 1 unspecified atom stereocenters. The molecule has 0 aromatic carbocycles. The smallest absolute Gasteiger partial charge is 0.306 e. The van der Waals surface area contributed by atoms with Crippen LogP contribution >= 0.6 is 0 Å². The molecule has 0 rings (SSSR count). The summed E-state index contributed by atoms with van der Waals surface area (Å²) in [5, 5.41) is 0. The van der Waals surface area contributed by atoms with Gasteiger partial charge in [0, 0.05) is 19.4 Å². The SMILES string of the molecule is CCCCC/C=C\C/C=C\C/C=C\CCCCCCCCC(=O)OCC(COCCCCCCCCCCCCCCCC)OC(=O)CCCCCCCCCCCCCCCCC. The second-order valence-corrected chi connectivity index (χ2v) is 19.2. The summed E-state index contributed by atoms with van der Waals surface area (Å²) in [6.07, 6.45) is 67.3. The molecule has 0 amide bonds. The van der Waals surface area contributed by atoms with Crippen LogP contribution in [0, 0.1) is 0 Å². The fraction of sp³-hybridized carbons (Fsp3) is 0.864. The molecule has 0 aliphatic heterocycles. The van der Waals surface area contributed by atoms with E-state index in [1.165, 1.54) is 212 Å². The van der Waals surface area contributed by atoms with Crippen LogP contribution in [0.2, 0.25) is 0 Å². The number of allylic oxidation sites excluding steroid dienone is 6. The average molecular weight is 900 g/mol. The lowest BCUT2D eigenvalue weighted by atomic mass is 10.0. The van der Waals surface area contributed by atoms with Gasteiger partial charge in [-0.3, -0.25) is 9.59 Å². The van der Waals surface area contributed by atoms with Crippen molar-refractivity contribution in [2.45, 2.75) is 309 Å². The molecule has 1 atom stereocenters. The van der Waals surface area contributed by atoms with Crippen molar-refractivity contribution in [3.05, 3.63) is 36.5 Å². The van der Waals surface area contributed by atoms with Crippen LogP contribution < -0.4 is 0 Å². The summed E-state index contributed by atoms with van der Waals surface area (Å²) in [7, 11) is 0. The first-order valence-electron chi connectivity index (χ1n) is 28.5. The Labute approximate surface area is 400 Å². The van der Waals surface area contributed by atoms with Crippen molar-refractivity contribution in [1.82, 2.24) is 0 Å². The lowest BCUT2D eigenvalue weighted by Gasteiger charge is -2.18. The molecular weight excluding hydrogens is 789 g/mol. The van der Waals surface area contributed by atoms with Crippen molar-refractivity contribution < 1.29 is 23.8 Å². The molecule has 0 aromatic rings. The fourth-order valence-electron chi connectivity index (χ4n) is 8.40. The van der Waals surface area contributed by atoms with E-state index < -0.39 is 6.10 Å². The lowest BCUT2D eigenvalue weighted by molar-refractivity contribution is -0.163. The van der Waals surface area contributed by atoms with Crippen LogP contribution in [0.1, 0.15) is 303 Å². The van der Waals surface area contributed by atoms with Crippen molar-refractivity contribution in [3.63, 3.8) is 0 Å². The maximum atomic E-state index is 12.8. The minimum absolute atomic E-state index is 0.0850. The topological polar surface area (TPSA) is 61.8 Å². The Morgan fingerprint density at radius 3 is 1.08 bits per heavy atom. The predicted octanol–water partition coefficient (Wildman–Crippen LogP) is 19.4. The van der Waals surface area contributed by atoms with E-state index in [2.05, 4.69) is 57.2 Å². The van der Waals surface area contributed by atoms with Crippen LogP contribution in [0.5, 0.6) is 0 Å². The highest BCUT2D eigenvalue weighted by Crippen LogP contribution is 2.16. The quantitative estimate of drug-likeness (QED) is 0.0346. The number of carbonyl (C=O) groups is 2. The number of ether oxygens (including phenoxy) is 3. The predicted molar refractivity (Wildman–Crippen MR) is 279 cm³/mol. The van der Waals surface area contributed by atoms with Gasteiger partial charge in [-0.25, -0.2) is 0 Å². The van der Waals surface area contributed by atoms with Gasteiger partial charge < -0.3 is 14.2 Å². The van der Waals surface area contributed by atoms with Crippen molar-refractivity contribution in [1.29, 1.82) is 0 Å². The van der Waals surface area contributed by atoms with Crippen LogP contribution in [0.4, 0.5) is 0 Å². The first-order chi connectivity index (χ1) is 31.6. The molecule has 376 valence electrons. The molecular formula is C59H110O5. The van der Waals surface area contributed by atoms with Gasteiger partial charge in [-0.05, 0) is 57.8 Å². The van der Waals surface area contributed by atoms with Crippen LogP contribution in [-0.4, -0.2) is 37.9 Å². The van der Waals surface area contributed by atoms with E-state index >= 15 is 0 Å².